The smallest absolute Gasteiger partial charge is 0.196 e. The Morgan fingerprint density at radius 1 is 1.19 bits per heavy atom. The second-order valence-electron chi connectivity index (χ2n) is 3.84. The minimum atomic E-state index is -3.54. The quantitative estimate of drug-likeness (QED) is 0.841. The van der Waals surface area contributed by atoms with Gasteiger partial charge in [-0.1, -0.05) is 17.7 Å². The third-order valence-corrected chi connectivity index (χ3v) is 4.44. The fourth-order valence-electron chi connectivity index (χ4n) is 1.26. The molecule has 0 aromatic heterocycles. The van der Waals surface area contributed by atoms with Gasteiger partial charge in [-0.3, -0.25) is 0 Å². The minimum absolute atomic E-state index is 0.724. The highest BCUT2D eigenvalue weighted by atomic mass is 32.2. The van der Waals surface area contributed by atoms with Gasteiger partial charge >= 0.3 is 0 Å². The van der Waals surface area contributed by atoms with Gasteiger partial charge in [-0.05, 0) is 32.9 Å². The summed E-state index contributed by atoms with van der Waals surface area (Å²) in [5.74, 6) is 0. The van der Waals surface area contributed by atoms with Crippen molar-refractivity contribution >= 4 is 15.5 Å². The van der Waals surface area contributed by atoms with Crippen LogP contribution in [0, 0.1) is 6.92 Å². The maximum atomic E-state index is 11.6. The molecule has 2 atom stereocenters. The van der Waals surface area contributed by atoms with Crippen LogP contribution in [0.5, 0.6) is 0 Å². The average molecular weight is 243 g/mol. The van der Waals surface area contributed by atoms with E-state index >= 15 is 0 Å². The zero-order chi connectivity index (χ0) is 12.3. The number of hydrogen-bond acceptors (Lipinski definition) is 4. The van der Waals surface area contributed by atoms with E-state index < -0.39 is 20.6 Å². The molecule has 90 valence electrons. The lowest BCUT2D eigenvalue weighted by Gasteiger charge is -2.17. The van der Waals surface area contributed by atoms with Crippen LogP contribution >= 0.6 is 0 Å². The minimum Gasteiger partial charge on any atom is -0.377 e. The molecule has 0 spiro atoms. The van der Waals surface area contributed by atoms with E-state index in [2.05, 4.69) is 5.32 Å². The van der Waals surface area contributed by atoms with Gasteiger partial charge in [-0.2, -0.15) is 0 Å². The number of aryl methyl sites for hydroxylation is 1. The van der Waals surface area contributed by atoms with Gasteiger partial charge in [0.05, 0.1) is 0 Å². The van der Waals surface area contributed by atoms with Crippen molar-refractivity contribution < 1.29 is 13.5 Å². The number of nitrogens with one attached hydrogen (secondary N) is 1. The molecule has 0 heterocycles. The lowest BCUT2D eigenvalue weighted by Crippen LogP contribution is -2.33. The summed E-state index contributed by atoms with van der Waals surface area (Å²) in [4.78, 5) is 0. The summed E-state index contributed by atoms with van der Waals surface area (Å²) in [6.07, 6.45) is 0. The first-order chi connectivity index (χ1) is 7.34. The van der Waals surface area contributed by atoms with Crippen molar-refractivity contribution in [1.82, 2.24) is 0 Å². The van der Waals surface area contributed by atoms with Crippen LogP contribution in [0.15, 0.2) is 24.3 Å². The first-order valence-corrected chi connectivity index (χ1v) is 6.69. The van der Waals surface area contributed by atoms with Gasteiger partial charge in [0.25, 0.3) is 0 Å². The molecule has 0 bridgehead atoms. The molecule has 0 saturated carbocycles. The Labute approximate surface area is 96.2 Å². The van der Waals surface area contributed by atoms with Gasteiger partial charge in [0.2, 0.25) is 0 Å². The predicted molar refractivity (Wildman–Crippen MR) is 64.9 cm³/mol. The Morgan fingerprint density at radius 2 is 1.69 bits per heavy atom. The van der Waals surface area contributed by atoms with Gasteiger partial charge in [0.15, 0.2) is 15.3 Å². The van der Waals surface area contributed by atoms with Crippen LogP contribution in [0.25, 0.3) is 0 Å². The first kappa shape index (κ1) is 13.0. The fourth-order valence-corrected chi connectivity index (χ4v) is 2.15. The molecule has 4 nitrogen and oxygen atoms in total. The maximum Gasteiger partial charge on any atom is 0.196 e. The molecule has 0 aliphatic heterocycles. The van der Waals surface area contributed by atoms with Crippen LogP contribution in [0.4, 0.5) is 5.69 Å². The van der Waals surface area contributed by atoms with Crippen molar-refractivity contribution in [2.24, 2.45) is 0 Å². The summed E-state index contributed by atoms with van der Waals surface area (Å²) in [7, 11) is -3.54. The van der Waals surface area contributed by atoms with Crippen molar-refractivity contribution in [3.63, 3.8) is 0 Å². The largest absolute Gasteiger partial charge is 0.377 e. The Hall–Kier alpha value is -1.07. The van der Waals surface area contributed by atoms with Gasteiger partial charge in [-0.15, -0.1) is 0 Å². The van der Waals surface area contributed by atoms with E-state index in [0.29, 0.717) is 0 Å². The number of anilines is 1. The molecule has 5 heteroatoms. The lowest BCUT2D eigenvalue weighted by molar-refractivity contribution is 0.267. The SMILES string of the molecule is Cc1ccc(NC(C)S(=O)(=O)C(C)O)cc1. The number of aliphatic hydroxyl groups is 1. The number of benzene rings is 1. The molecule has 1 aromatic carbocycles. The van der Waals surface area contributed by atoms with Crippen LogP contribution < -0.4 is 5.32 Å². The molecule has 2 unspecified atom stereocenters. The van der Waals surface area contributed by atoms with E-state index in [9.17, 15) is 8.42 Å². The number of rotatable bonds is 4. The zero-order valence-electron chi connectivity index (χ0n) is 9.64. The number of sulfone groups is 1. The summed E-state index contributed by atoms with van der Waals surface area (Å²) in [5, 5.41) is 11.2. The highest BCUT2D eigenvalue weighted by molar-refractivity contribution is 7.92. The van der Waals surface area contributed by atoms with Gasteiger partial charge < -0.3 is 10.4 Å². The van der Waals surface area contributed by atoms with E-state index in [4.69, 9.17) is 5.11 Å². The molecular formula is C11H17NO3S. The monoisotopic (exact) mass is 243 g/mol. The standard InChI is InChI=1S/C11H17NO3S/c1-8-4-6-11(7-5-8)12-9(2)16(14,15)10(3)13/h4-7,9-10,12-13H,1-3H3. The predicted octanol–water partition coefficient (Wildman–Crippen LogP) is 1.51. The molecule has 1 aromatic rings. The second-order valence-corrected chi connectivity index (χ2v) is 6.41. The highest BCUT2D eigenvalue weighted by Gasteiger charge is 2.25. The van der Waals surface area contributed by atoms with E-state index in [-0.39, 0.29) is 0 Å². The summed E-state index contributed by atoms with van der Waals surface area (Å²) < 4.78 is 23.2. The fraction of sp³-hybridized carbons (Fsp3) is 0.455. The number of aliphatic hydroxyl groups excluding tert-OH is 1. The van der Waals surface area contributed by atoms with Crippen LogP contribution in [0.2, 0.25) is 0 Å². The van der Waals surface area contributed by atoms with Crippen LogP contribution in [-0.2, 0) is 9.84 Å². The van der Waals surface area contributed by atoms with Crippen LogP contribution in [0.1, 0.15) is 19.4 Å². The van der Waals surface area contributed by atoms with Crippen molar-refractivity contribution in [1.29, 1.82) is 0 Å². The average Bonchev–Trinajstić information content (AvgIpc) is 2.21. The second kappa shape index (κ2) is 4.84. The maximum absolute atomic E-state index is 11.6. The molecule has 0 aliphatic carbocycles. The number of hydrogen-bond donors (Lipinski definition) is 2. The zero-order valence-corrected chi connectivity index (χ0v) is 10.5. The van der Waals surface area contributed by atoms with Crippen LogP contribution in [-0.4, -0.2) is 24.3 Å². The highest BCUT2D eigenvalue weighted by Crippen LogP contribution is 2.14. The molecule has 16 heavy (non-hydrogen) atoms. The third kappa shape index (κ3) is 2.96. The molecule has 1 rings (SSSR count). The molecule has 0 saturated heterocycles. The summed E-state index contributed by atoms with van der Waals surface area (Å²) >= 11 is 0. The molecule has 0 aliphatic rings. The third-order valence-electron chi connectivity index (χ3n) is 2.39. The first-order valence-electron chi connectivity index (χ1n) is 5.08. The van der Waals surface area contributed by atoms with Crippen molar-refractivity contribution in [2.45, 2.75) is 31.6 Å². The molecule has 0 fully saturated rings. The van der Waals surface area contributed by atoms with E-state index in [1.165, 1.54) is 13.8 Å². The van der Waals surface area contributed by atoms with E-state index in [1.807, 2.05) is 31.2 Å². The molecule has 0 radical (unpaired) electrons. The molecule has 0 amide bonds. The Morgan fingerprint density at radius 3 is 2.12 bits per heavy atom. The Bertz CT molecular complexity index is 437. The van der Waals surface area contributed by atoms with Crippen molar-refractivity contribution in [3.8, 4) is 0 Å². The topological polar surface area (TPSA) is 66.4 Å². The lowest BCUT2D eigenvalue weighted by atomic mass is 10.2. The summed E-state index contributed by atoms with van der Waals surface area (Å²) in [6, 6.07) is 7.40. The van der Waals surface area contributed by atoms with E-state index in [0.717, 1.165) is 11.3 Å². The molecule has 2 N–H and O–H groups in total. The Kier molecular flexibility index (Phi) is 3.93. The normalized spacial score (nSPS) is 15.5. The Balaban J connectivity index is 2.79. The van der Waals surface area contributed by atoms with Crippen molar-refractivity contribution in [2.75, 3.05) is 5.32 Å². The summed E-state index contributed by atoms with van der Waals surface area (Å²) in [5.41, 5.74) is 0.472. The molecular weight excluding hydrogens is 226 g/mol. The van der Waals surface area contributed by atoms with Crippen molar-refractivity contribution in [3.05, 3.63) is 29.8 Å². The van der Waals surface area contributed by atoms with E-state index in [1.54, 1.807) is 0 Å². The van der Waals surface area contributed by atoms with Gasteiger partial charge in [-0.25, -0.2) is 8.42 Å². The summed E-state index contributed by atoms with van der Waals surface area (Å²) in [6.45, 7) is 4.73. The van der Waals surface area contributed by atoms with Crippen LogP contribution in [0.3, 0.4) is 0 Å². The van der Waals surface area contributed by atoms with Gasteiger partial charge in [0, 0.05) is 5.69 Å². The van der Waals surface area contributed by atoms with Gasteiger partial charge in [0.1, 0.15) is 5.37 Å².